The Morgan fingerprint density at radius 3 is 1.90 bits per heavy atom. The first kappa shape index (κ1) is 9.46. The molecule has 0 saturated carbocycles. The minimum absolute atomic E-state index is 0.526. The maximum Gasteiger partial charge on any atom is 0.395 e. The number of carbonyl (C=O) groups is 1. The summed E-state index contributed by atoms with van der Waals surface area (Å²) >= 11 is 0. The van der Waals surface area contributed by atoms with Crippen molar-refractivity contribution in [2.45, 2.75) is 26.4 Å². The van der Waals surface area contributed by atoms with Gasteiger partial charge in [0.25, 0.3) is 0 Å². The molecule has 0 fully saturated rings. The molecule has 0 aromatic carbocycles. The molecule has 0 N–H and O–H groups in total. The number of rotatable bonds is 2. The SMILES string of the molecule is CC(C)C(=O)CC(F)(F)F. The summed E-state index contributed by atoms with van der Waals surface area (Å²) in [7, 11) is 0. The standard InChI is InChI=1S/C6H9F3O/c1-4(2)5(10)3-6(7,8)9/h4H,3H2,1-2H3. The summed E-state index contributed by atoms with van der Waals surface area (Å²) in [5, 5.41) is 0. The quantitative estimate of drug-likeness (QED) is 0.595. The first-order valence-electron chi connectivity index (χ1n) is 2.92. The minimum Gasteiger partial charge on any atom is -0.299 e. The molecule has 0 aliphatic heterocycles. The van der Waals surface area contributed by atoms with Crippen LogP contribution in [0.15, 0.2) is 0 Å². The summed E-state index contributed by atoms with van der Waals surface area (Å²) in [5.41, 5.74) is 0. The third-order valence-corrected chi connectivity index (χ3v) is 1.02. The second kappa shape index (κ2) is 3.03. The Balaban J connectivity index is 3.81. The second-order valence-electron chi connectivity index (χ2n) is 2.41. The van der Waals surface area contributed by atoms with E-state index in [1.807, 2.05) is 0 Å². The summed E-state index contributed by atoms with van der Waals surface area (Å²) in [4.78, 5) is 10.4. The van der Waals surface area contributed by atoms with Crippen LogP contribution in [0.2, 0.25) is 0 Å². The molecule has 0 amide bonds. The smallest absolute Gasteiger partial charge is 0.299 e. The molecule has 0 radical (unpaired) electrons. The van der Waals surface area contributed by atoms with Crippen molar-refractivity contribution in [1.29, 1.82) is 0 Å². The van der Waals surface area contributed by atoms with Crippen molar-refractivity contribution in [3.63, 3.8) is 0 Å². The molecule has 0 saturated heterocycles. The van der Waals surface area contributed by atoms with Crippen LogP contribution in [0.3, 0.4) is 0 Å². The van der Waals surface area contributed by atoms with Crippen LogP contribution >= 0.6 is 0 Å². The fraction of sp³-hybridized carbons (Fsp3) is 0.833. The zero-order chi connectivity index (χ0) is 8.36. The zero-order valence-electron chi connectivity index (χ0n) is 5.83. The van der Waals surface area contributed by atoms with E-state index >= 15 is 0 Å². The molecular formula is C6H9F3O. The molecule has 0 bridgehead atoms. The highest BCUT2D eigenvalue weighted by atomic mass is 19.4. The molecule has 10 heavy (non-hydrogen) atoms. The van der Waals surface area contributed by atoms with Gasteiger partial charge in [-0.2, -0.15) is 13.2 Å². The number of ketones is 1. The lowest BCUT2D eigenvalue weighted by Crippen LogP contribution is -2.18. The molecule has 60 valence electrons. The number of alkyl halides is 3. The Morgan fingerprint density at radius 2 is 1.80 bits per heavy atom. The van der Waals surface area contributed by atoms with Gasteiger partial charge in [0.2, 0.25) is 0 Å². The maximum atomic E-state index is 11.4. The van der Waals surface area contributed by atoms with Crippen molar-refractivity contribution in [3.8, 4) is 0 Å². The van der Waals surface area contributed by atoms with Crippen molar-refractivity contribution in [2.24, 2.45) is 5.92 Å². The van der Waals surface area contributed by atoms with Crippen LogP contribution in [-0.4, -0.2) is 12.0 Å². The Hall–Kier alpha value is -0.540. The van der Waals surface area contributed by atoms with Crippen molar-refractivity contribution in [3.05, 3.63) is 0 Å². The molecule has 0 rings (SSSR count). The van der Waals surface area contributed by atoms with Gasteiger partial charge in [0.15, 0.2) is 0 Å². The molecule has 4 heteroatoms. The van der Waals surface area contributed by atoms with Gasteiger partial charge in [0, 0.05) is 5.92 Å². The van der Waals surface area contributed by atoms with E-state index in [0.29, 0.717) is 0 Å². The van der Waals surface area contributed by atoms with Crippen molar-refractivity contribution in [1.82, 2.24) is 0 Å². The number of carbonyl (C=O) groups excluding carboxylic acids is 1. The predicted molar refractivity (Wildman–Crippen MR) is 30.5 cm³/mol. The Morgan fingerprint density at radius 1 is 1.40 bits per heavy atom. The fourth-order valence-electron chi connectivity index (χ4n) is 0.402. The summed E-state index contributed by atoms with van der Waals surface area (Å²) < 4.78 is 34.3. The van der Waals surface area contributed by atoms with E-state index in [9.17, 15) is 18.0 Å². The predicted octanol–water partition coefficient (Wildman–Crippen LogP) is 2.16. The Labute approximate surface area is 57.2 Å². The maximum absolute atomic E-state index is 11.4. The van der Waals surface area contributed by atoms with E-state index in [1.165, 1.54) is 13.8 Å². The third kappa shape index (κ3) is 4.35. The van der Waals surface area contributed by atoms with E-state index in [2.05, 4.69) is 0 Å². The molecule has 0 aromatic rings. The van der Waals surface area contributed by atoms with Crippen molar-refractivity contribution in [2.75, 3.05) is 0 Å². The van der Waals surface area contributed by atoms with Gasteiger partial charge in [-0.25, -0.2) is 0 Å². The first-order chi connectivity index (χ1) is 4.33. The molecule has 0 aromatic heterocycles. The van der Waals surface area contributed by atoms with Crippen LogP contribution in [0, 0.1) is 5.92 Å². The van der Waals surface area contributed by atoms with Crippen LogP contribution in [-0.2, 0) is 4.79 Å². The lowest BCUT2D eigenvalue weighted by molar-refractivity contribution is -0.154. The molecule has 0 heterocycles. The largest absolute Gasteiger partial charge is 0.395 e. The van der Waals surface area contributed by atoms with Crippen molar-refractivity contribution >= 4 is 5.78 Å². The molecule has 0 aliphatic carbocycles. The molecular weight excluding hydrogens is 145 g/mol. The van der Waals surface area contributed by atoms with Gasteiger partial charge >= 0.3 is 6.18 Å². The molecule has 0 atom stereocenters. The van der Waals surface area contributed by atoms with Crippen LogP contribution in [0.25, 0.3) is 0 Å². The average Bonchev–Trinajstić information content (AvgIpc) is 1.60. The number of hydrogen-bond donors (Lipinski definition) is 0. The van der Waals surface area contributed by atoms with Crippen molar-refractivity contribution < 1.29 is 18.0 Å². The summed E-state index contributed by atoms with van der Waals surface area (Å²) in [5.74, 6) is -1.28. The molecule has 1 nitrogen and oxygen atoms in total. The lowest BCUT2D eigenvalue weighted by atomic mass is 10.1. The van der Waals surface area contributed by atoms with Crippen LogP contribution in [0.5, 0.6) is 0 Å². The van der Waals surface area contributed by atoms with Crippen LogP contribution in [0.1, 0.15) is 20.3 Å². The van der Waals surface area contributed by atoms with E-state index in [-0.39, 0.29) is 0 Å². The number of hydrogen-bond acceptors (Lipinski definition) is 1. The van der Waals surface area contributed by atoms with Gasteiger partial charge in [-0.05, 0) is 0 Å². The van der Waals surface area contributed by atoms with Crippen LogP contribution in [0.4, 0.5) is 13.2 Å². The van der Waals surface area contributed by atoms with Gasteiger partial charge in [0.05, 0.1) is 0 Å². The highest BCUT2D eigenvalue weighted by Crippen LogP contribution is 2.21. The third-order valence-electron chi connectivity index (χ3n) is 1.02. The van der Waals surface area contributed by atoms with E-state index in [1.54, 1.807) is 0 Å². The van der Waals surface area contributed by atoms with Gasteiger partial charge in [0.1, 0.15) is 12.2 Å². The van der Waals surface area contributed by atoms with Gasteiger partial charge in [-0.3, -0.25) is 4.79 Å². The zero-order valence-corrected chi connectivity index (χ0v) is 5.83. The number of halogens is 3. The minimum atomic E-state index is -4.35. The van der Waals surface area contributed by atoms with Gasteiger partial charge < -0.3 is 0 Å². The fourth-order valence-corrected chi connectivity index (χ4v) is 0.402. The second-order valence-corrected chi connectivity index (χ2v) is 2.41. The highest BCUT2D eigenvalue weighted by Gasteiger charge is 2.31. The summed E-state index contributed by atoms with van der Waals surface area (Å²) in [6.07, 6.45) is -5.65. The molecule has 0 spiro atoms. The van der Waals surface area contributed by atoms with Crippen LogP contribution < -0.4 is 0 Å². The molecule has 0 unspecified atom stereocenters. The lowest BCUT2D eigenvalue weighted by Gasteiger charge is -2.06. The summed E-state index contributed by atoms with van der Waals surface area (Å²) in [6.45, 7) is 2.90. The normalized spacial score (nSPS) is 12.2. The van der Waals surface area contributed by atoms with E-state index in [0.717, 1.165) is 0 Å². The summed E-state index contributed by atoms with van der Waals surface area (Å²) in [6, 6.07) is 0. The topological polar surface area (TPSA) is 17.1 Å². The van der Waals surface area contributed by atoms with Gasteiger partial charge in [-0.15, -0.1) is 0 Å². The average molecular weight is 154 g/mol. The molecule has 0 aliphatic rings. The number of Topliss-reactive ketones (excluding diaryl/α,β-unsaturated/α-hetero) is 1. The Bertz CT molecular complexity index is 125. The van der Waals surface area contributed by atoms with E-state index < -0.39 is 24.3 Å². The first-order valence-corrected chi connectivity index (χ1v) is 2.92. The highest BCUT2D eigenvalue weighted by molar-refractivity contribution is 5.80. The van der Waals surface area contributed by atoms with Gasteiger partial charge in [-0.1, -0.05) is 13.8 Å². The monoisotopic (exact) mass is 154 g/mol. The Kier molecular flexibility index (Phi) is 2.87. The van der Waals surface area contributed by atoms with E-state index in [4.69, 9.17) is 0 Å².